The fourth-order valence-corrected chi connectivity index (χ4v) is 1.32. The highest BCUT2D eigenvalue weighted by atomic mass is 16.1. The summed E-state index contributed by atoms with van der Waals surface area (Å²) >= 11 is 0. The van der Waals surface area contributed by atoms with Crippen LogP contribution in [-0.2, 0) is 6.42 Å². The first-order valence-electron chi connectivity index (χ1n) is 4.81. The van der Waals surface area contributed by atoms with Gasteiger partial charge in [-0.3, -0.25) is 4.79 Å². The Bertz CT molecular complexity index is 327. The van der Waals surface area contributed by atoms with Crippen LogP contribution in [0.1, 0.15) is 31.4 Å². The Kier molecular flexibility index (Phi) is 3.29. The maximum Gasteiger partial charge on any atom is 0.250 e. The average molecular weight is 179 g/mol. The molecule has 72 valence electrons. The lowest BCUT2D eigenvalue weighted by Gasteiger charge is -2.07. The zero-order chi connectivity index (χ0) is 9.84. The Morgan fingerprint density at radius 1 is 1.54 bits per heavy atom. The van der Waals surface area contributed by atoms with Crippen LogP contribution in [0.4, 0.5) is 0 Å². The van der Waals surface area contributed by atoms with Gasteiger partial charge in [-0.2, -0.15) is 0 Å². The number of aryl methyl sites for hydroxylation is 1. The lowest BCUT2D eigenvalue weighted by molar-refractivity contribution is 0.559. The molecule has 2 nitrogen and oxygen atoms in total. The van der Waals surface area contributed by atoms with Crippen LogP contribution in [0.5, 0.6) is 0 Å². The van der Waals surface area contributed by atoms with Gasteiger partial charge >= 0.3 is 0 Å². The molecule has 1 rings (SSSR count). The van der Waals surface area contributed by atoms with Crippen LogP contribution < -0.4 is 5.56 Å². The first-order chi connectivity index (χ1) is 6.13. The number of rotatable bonds is 3. The molecular weight excluding hydrogens is 162 g/mol. The Morgan fingerprint density at radius 3 is 2.77 bits per heavy atom. The standard InChI is InChI=1S/C11H17NO/c1-4-8(2)5-10-6-9(3)11(13)12-7-10/h6-8H,4-5H2,1-3H3,(H,12,13). The summed E-state index contributed by atoms with van der Waals surface area (Å²) in [5, 5.41) is 0. The van der Waals surface area contributed by atoms with E-state index >= 15 is 0 Å². The van der Waals surface area contributed by atoms with Crippen molar-refractivity contribution in [2.45, 2.75) is 33.6 Å². The first-order valence-corrected chi connectivity index (χ1v) is 4.81. The van der Waals surface area contributed by atoms with Gasteiger partial charge in [0.1, 0.15) is 0 Å². The first kappa shape index (κ1) is 10.0. The molecule has 1 unspecified atom stereocenters. The highest BCUT2D eigenvalue weighted by Gasteiger charge is 2.02. The molecule has 1 atom stereocenters. The van der Waals surface area contributed by atoms with E-state index in [2.05, 4.69) is 18.8 Å². The van der Waals surface area contributed by atoms with Gasteiger partial charge in [0.2, 0.25) is 0 Å². The van der Waals surface area contributed by atoms with Crippen LogP contribution in [0.2, 0.25) is 0 Å². The van der Waals surface area contributed by atoms with Gasteiger partial charge < -0.3 is 4.98 Å². The number of nitrogens with one attached hydrogen (secondary N) is 1. The molecule has 1 aromatic heterocycles. The Morgan fingerprint density at radius 2 is 2.23 bits per heavy atom. The number of H-pyrrole nitrogens is 1. The topological polar surface area (TPSA) is 32.9 Å². The molecule has 0 spiro atoms. The van der Waals surface area contributed by atoms with Gasteiger partial charge in [-0.15, -0.1) is 0 Å². The summed E-state index contributed by atoms with van der Waals surface area (Å²) < 4.78 is 0. The maximum atomic E-state index is 11.1. The molecule has 0 bridgehead atoms. The van der Waals surface area contributed by atoms with Gasteiger partial charge in [0.05, 0.1) is 0 Å². The van der Waals surface area contributed by atoms with Crippen molar-refractivity contribution in [2.24, 2.45) is 5.92 Å². The maximum absolute atomic E-state index is 11.1. The number of aromatic nitrogens is 1. The summed E-state index contributed by atoms with van der Waals surface area (Å²) in [7, 11) is 0. The van der Waals surface area contributed by atoms with Crippen LogP contribution in [-0.4, -0.2) is 4.98 Å². The Balaban J connectivity index is 2.79. The second kappa shape index (κ2) is 4.26. The van der Waals surface area contributed by atoms with E-state index in [0.29, 0.717) is 5.92 Å². The Labute approximate surface area is 79.0 Å². The second-order valence-corrected chi connectivity index (χ2v) is 3.74. The second-order valence-electron chi connectivity index (χ2n) is 3.74. The number of hydrogen-bond acceptors (Lipinski definition) is 1. The van der Waals surface area contributed by atoms with E-state index in [1.165, 1.54) is 12.0 Å². The van der Waals surface area contributed by atoms with Crippen LogP contribution in [0.25, 0.3) is 0 Å². The monoisotopic (exact) mass is 179 g/mol. The van der Waals surface area contributed by atoms with Gasteiger partial charge in [0.15, 0.2) is 0 Å². The Hall–Kier alpha value is -1.05. The normalized spacial score (nSPS) is 12.8. The molecule has 0 aliphatic heterocycles. The lowest BCUT2D eigenvalue weighted by Crippen LogP contribution is -2.10. The van der Waals surface area contributed by atoms with Crippen LogP contribution >= 0.6 is 0 Å². The van der Waals surface area contributed by atoms with E-state index in [4.69, 9.17) is 0 Å². The molecule has 0 fully saturated rings. The van der Waals surface area contributed by atoms with Crippen molar-refractivity contribution in [3.05, 3.63) is 33.7 Å². The average Bonchev–Trinajstić information content (AvgIpc) is 2.11. The molecule has 1 N–H and O–H groups in total. The largest absolute Gasteiger partial charge is 0.329 e. The van der Waals surface area contributed by atoms with E-state index in [9.17, 15) is 4.79 Å². The predicted molar refractivity (Wildman–Crippen MR) is 55.0 cm³/mol. The summed E-state index contributed by atoms with van der Waals surface area (Å²) in [6, 6.07) is 1.98. The van der Waals surface area contributed by atoms with Crippen molar-refractivity contribution < 1.29 is 0 Å². The molecule has 0 aliphatic rings. The third-order valence-corrected chi connectivity index (χ3v) is 2.43. The number of aromatic amines is 1. The zero-order valence-corrected chi connectivity index (χ0v) is 8.55. The van der Waals surface area contributed by atoms with E-state index in [1.807, 2.05) is 19.2 Å². The van der Waals surface area contributed by atoms with Crippen molar-refractivity contribution in [1.29, 1.82) is 0 Å². The molecule has 13 heavy (non-hydrogen) atoms. The van der Waals surface area contributed by atoms with Crippen LogP contribution in [0.15, 0.2) is 17.1 Å². The van der Waals surface area contributed by atoms with Crippen molar-refractivity contribution >= 4 is 0 Å². The molecule has 0 radical (unpaired) electrons. The molecule has 0 saturated heterocycles. The van der Waals surface area contributed by atoms with E-state index in [1.54, 1.807) is 0 Å². The lowest BCUT2D eigenvalue weighted by atomic mass is 9.99. The van der Waals surface area contributed by atoms with Crippen molar-refractivity contribution in [2.75, 3.05) is 0 Å². The SMILES string of the molecule is CCC(C)Cc1c[nH]c(=O)c(C)c1. The summed E-state index contributed by atoms with van der Waals surface area (Å²) in [4.78, 5) is 13.8. The molecule has 0 amide bonds. The fraction of sp³-hybridized carbons (Fsp3) is 0.545. The van der Waals surface area contributed by atoms with E-state index < -0.39 is 0 Å². The van der Waals surface area contributed by atoms with Crippen molar-refractivity contribution in [3.8, 4) is 0 Å². The fourth-order valence-electron chi connectivity index (χ4n) is 1.32. The van der Waals surface area contributed by atoms with E-state index in [-0.39, 0.29) is 5.56 Å². The third kappa shape index (κ3) is 2.72. The van der Waals surface area contributed by atoms with Crippen molar-refractivity contribution in [1.82, 2.24) is 4.98 Å². The predicted octanol–water partition coefficient (Wildman–Crippen LogP) is 2.27. The van der Waals surface area contributed by atoms with Crippen LogP contribution in [0.3, 0.4) is 0 Å². The highest BCUT2D eigenvalue weighted by molar-refractivity contribution is 5.17. The van der Waals surface area contributed by atoms with Crippen LogP contribution in [0, 0.1) is 12.8 Å². The summed E-state index contributed by atoms with van der Waals surface area (Å²) in [6.45, 7) is 6.25. The third-order valence-electron chi connectivity index (χ3n) is 2.43. The smallest absolute Gasteiger partial charge is 0.250 e. The van der Waals surface area contributed by atoms with Gasteiger partial charge in [0, 0.05) is 11.8 Å². The minimum atomic E-state index is 0.0212. The van der Waals surface area contributed by atoms with E-state index in [0.717, 1.165) is 12.0 Å². The molecular formula is C11H17NO. The quantitative estimate of drug-likeness (QED) is 0.758. The minimum Gasteiger partial charge on any atom is -0.329 e. The summed E-state index contributed by atoms with van der Waals surface area (Å²) in [6.07, 6.45) is 4.05. The molecule has 0 aromatic carbocycles. The molecule has 0 saturated carbocycles. The number of pyridine rings is 1. The minimum absolute atomic E-state index is 0.0212. The molecule has 1 aromatic rings. The van der Waals surface area contributed by atoms with Gasteiger partial charge in [-0.1, -0.05) is 20.3 Å². The molecule has 0 aliphatic carbocycles. The zero-order valence-electron chi connectivity index (χ0n) is 8.55. The van der Waals surface area contributed by atoms with Gasteiger partial charge in [-0.05, 0) is 30.9 Å². The number of hydrogen-bond donors (Lipinski definition) is 1. The summed E-state index contributed by atoms with van der Waals surface area (Å²) in [5.74, 6) is 0.685. The van der Waals surface area contributed by atoms with Gasteiger partial charge in [0.25, 0.3) is 5.56 Å². The molecule has 2 heteroatoms. The van der Waals surface area contributed by atoms with Gasteiger partial charge in [-0.25, -0.2) is 0 Å². The summed E-state index contributed by atoms with van der Waals surface area (Å²) in [5.41, 5.74) is 2.06. The molecule has 1 heterocycles. The highest BCUT2D eigenvalue weighted by Crippen LogP contribution is 2.09. The van der Waals surface area contributed by atoms with Crippen molar-refractivity contribution in [3.63, 3.8) is 0 Å².